The fourth-order valence-corrected chi connectivity index (χ4v) is 3.14. The first-order chi connectivity index (χ1) is 7.73. The second-order valence-electron chi connectivity index (χ2n) is 4.21. The highest BCUT2D eigenvalue weighted by atomic mass is 79.9. The van der Waals surface area contributed by atoms with Crippen LogP contribution in [0.3, 0.4) is 0 Å². The average Bonchev–Trinajstić information content (AvgIpc) is 2.76. The van der Waals surface area contributed by atoms with Crippen LogP contribution in [-0.2, 0) is 4.74 Å². The molecule has 1 heterocycles. The van der Waals surface area contributed by atoms with E-state index in [2.05, 4.69) is 15.9 Å². The number of rotatable bonds is 0. The number of benzene rings is 1. The van der Waals surface area contributed by atoms with Crippen LogP contribution < -0.4 is 0 Å². The molecular formula is C13H11BrO2. The number of ether oxygens (including phenoxy) is 1. The summed E-state index contributed by atoms with van der Waals surface area (Å²) in [6.07, 6.45) is 3.66. The molecule has 82 valence electrons. The third kappa shape index (κ3) is 1.31. The molecule has 1 spiro atoms. The van der Waals surface area contributed by atoms with E-state index in [1.807, 2.05) is 30.3 Å². The lowest BCUT2D eigenvalue weighted by Gasteiger charge is -2.28. The lowest BCUT2D eigenvalue weighted by atomic mass is 9.83. The Morgan fingerprint density at radius 1 is 1.25 bits per heavy atom. The van der Waals surface area contributed by atoms with Crippen LogP contribution in [0.1, 0.15) is 28.8 Å². The minimum atomic E-state index is -0.701. The van der Waals surface area contributed by atoms with E-state index in [0.717, 1.165) is 28.5 Å². The average molecular weight is 279 g/mol. The Hall–Kier alpha value is -0.930. The fraction of sp³-hybridized carbons (Fsp3) is 0.308. The highest BCUT2D eigenvalue weighted by Gasteiger charge is 2.44. The fourth-order valence-electron chi connectivity index (χ4n) is 2.42. The predicted molar refractivity (Wildman–Crippen MR) is 65.6 cm³/mol. The van der Waals surface area contributed by atoms with Crippen LogP contribution in [0.5, 0.6) is 0 Å². The number of ketones is 1. The molecule has 0 aromatic heterocycles. The third-order valence-corrected chi connectivity index (χ3v) is 3.88. The largest absolute Gasteiger partial charge is 0.363 e. The van der Waals surface area contributed by atoms with E-state index in [-0.39, 0.29) is 5.78 Å². The van der Waals surface area contributed by atoms with Gasteiger partial charge in [-0.3, -0.25) is 4.79 Å². The number of carbonyl (C=O) groups is 1. The van der Waals surface area contributed by atoms with Crippen molar-refractivity contribution in [2.45, 2.75) is 18.4 Å². The minimum absolute atomic E-state index is 0.101. The van der Waals surface area contributed by atoms with Gasteiger partial charge in [0.15, 0.2) is 11.4 Å². The Morgan fingerprint density at radius 2 is 2.00 bits per heavy atom. The molecule has 0 radical (unpaired) electrons. The van der Waals surface area contributed by atoms with Gasteiger partial charge in [-0.25, -0.2) is 0 Å². The van der Waals surface area contributed by atoms with Crippen molar-refractivity contribution in [3.63, 3.8) is 0 Å². The molecule has 1 aromatic rings. The summed E-state index contributed by atoms with van der Waals surface area (Å²) >= 11 is 3.53. The minimum Gasteiger partial charge on any atom is -0.363 e. The van der Waals surface area contributed by atoms with E-state index in [1.165, 1.54) is 0 Å². The molecule has 0 saturated carbocycles. The van der Waals surface area contributed by atoms with Crippen molar-refractivity contribution in [3.05, 3.63) is 41.5 Å². The Kier molecular flexibility index (Phi) is 2.26. The summed E-state index contributed by atoms with van der Waals surface area (Å²) < 4.78 is 6.63. The number of halogens is 1. The Morgan fingerprint density at radius 3 is 2.69 bits per heavy atom. The summed E-state index contributed by atoms with van der Waals surface area (Å²) in [6, 6.07) is 7.66. The van der Waals surface area contributed by atoms with Crippen molar-refractivity contribution in [3.8, 4) is 0 Å². The molecule has 1 fully saturated rings. The van der Waals surface area contributed by atoms with Crippen molar-refractivity contribution >= 4 is 26.2 Å². The van der Waals surface area contributed by atoms with Crippen molar-refractivity contribution < 1.29 is 9.53 Å². The number of Topliss-reactive ketones (excluding diaryl/α,β-unsaturated/α-hetero) is 1. The van der Waals surface area contributed by atoms with Crippen LogP contribution in [0.25, 0.3) is 4.48 Å². The first-order valence-corrected chi connectivity index (χ1v) is 6.19. The van der Waals surface area contributed by atoms with Crippen molar-refractivity contribution in [2.24, 2.45) is 0 Å². The molecule has 1 aromatic carbocycles. The van der Waals surface area contributed by atoms with E-state index in [1.54, 1.807) is 0 Å². The molecular weight excluding hydrogens is 268 g/mol. The van der Waals surface area contributed by atoms with Crippen LogP contribution in [0.4, 0.5) is 0 Å². The maximum absolute atomic E-state index is 12.4. The molecule has 0 amide bonds. The quantitative estimate of drug-likeness (QED) is 0.729. The number of carbonyl (C=O) groups excluding carboxylic acids is 1. The van der Waals surface area contributed by atoms with Gasteiger partial charge in [0.25, 0.3) is 0 Å². The lowest BCUT2D eigenvalue weighted by Crippen LogP contribution is -2.38. The van der Waals surface area contributed by atoms with E-state index in [4.69, 9.17) is 4.74 Å². The van der Waals surface area contributed by atoms with Gasteiger partial charge in [0.2, 0.25) is 0 Å². The van der Waals surface area contributed by atoms with Crippen LogP contribution in [-0.4, -0.2) is 18.0 Å². The van der Waals surface area contributed by atoms with Gasteiger partial charge in [-0.1, -0.05) is 40.2 Å². The Bertz CT molecular complexity index is 484. The van der Waals surface area contributed by atoms with Crippen LogP contribution in [0.2, 0.25) is 0 Å². The second kappa shape index (κ2) is 3.54. The van der Waals surface area contributed by atoms with Crippen LogP contribution in [0.15, 0.2) is 30.3 Å². The van der Waals surface area contributed by atoms with Gasteiger partial charge in [-0.2, -0.15) is 0 Å². The highest BCUT2D eigenvalue weighted by Crippen LogP contribution is 2.41. The monoisotopic (exact) mass is 278 g/mol. The first kappa shape index (κ1) is 10.2. The van der Waals surface area contributed by atoms with E-state index >= 15 is 0 Å². The normalized spacial score (nSPS) is 28.1. The van der Waals surface area contributed by atoms with Crippen molar-refractivity contribution in [1.29, 1.82) is 0 Å². The maximum Gasteiger partial charge on any atom is 0.199 e. The van der Waals surface area contributed by atoms with Gasteiger partial charge in [0, 0.05) is 16.7 Å². The third-order valence-electron chi connectivity index (χ3n) is 3.23. The number of hydrogen-bond donors (Lipinski definition) is 0. The summed E-state index contributed by atoms with van der Waals surface area (Å²) in [5, 5.41) is 0. The van der Waals surface area contributed by atoms with E-state index < -0.39 is 5.60 Å². The van der Waals surface area contributed by atoms with E-state index in [9.17, 15) is 4.79 Å². The molecule has 1 aliphatic carbocycles. The Balaban J connectivity index is 2.19. The number of hydrogen-bond acceptors (Lipinski definition) is 2. The second-order valence-corrected chi connectivity index (χ2v) is 5.06. The summed E-state index contributed by atoms with van der Waals surface area (Å²) in [4.78, 5) is 12.4. The van der Waals surface area contributed by atoms with Crippen LogP contribution in [0, 0.1) is 0 Å². The number of fused-ring (bicyclic) bond motifs is 1. The molecule has 3 rings (SSSR count). The molecule has 16 heavy (non-hydrogen) atoms. The van der Waals surface area contributed by atoms with Crippen LogP contribution >= 0.6 is 15.9 Å². The summed E-state index contributed by atoms with van der Waals surface area (Å²) in [6.45, 7) is 0.671. The smallest absolute Gasteiger partial charge is 0.199 e. The Labute approximate surface area is 102 Å². The summed E-state index contributed by atoms with van der Waals surface area (Å²) in [5.41, 5.74) is 1.03. The van der Waals surface area contributed by atoms with Gasteiger partial charge in [0.1, 0.15) is 0 Å². The van der Waals surface area contributed by atoms with Crippen molar-refractivity contribution in [2.75, 3.05) is 6.61 Å². The van der Waals surface area contributed by atoms with E-state index in [0.29, 0.717) is 6.61 Å². The maximum atomic E-state index is 12.4. The molecule has 0 N–H and O–H groups in total. The summed E-state index contributed by atoms with van der Waals surface area (Å²) in [7, 11) is 0. The van der Waals surface area contributed by atoms with Crippen molar-refractivity contribution in [1.82, 2.24) is 0 Å². The molecule has 3 heteroatoms. The summed E-state index contributed by atoms with van der Waals surface area (Å²) in [5.74, 6) is 0.101. The molecule has 0 bridgehead atoms. The topological polar surface area (TPSA) is 26.3 Å². The molecule has 2 aliphatic rings. The van der Waals surface area contributed by atoms with Gasteiger partial charge in [-0.15, -0.1) is 0 Å². The molecule has 2 nitrogen and oxygen atoms in total. The zero-order valence-electron chi connectivity index (χ0n) is 8.70. The zero-order chi connectivity index (χ0) is 11.2. The lowest BCUT2D eigenvalue weighted by molar-refractivity contribution is 0.0352. The molecule has 1 aliphatic heterocycles. The van der Waals surface area contributed by atoms with Gasteiger partial charge >= 0.3 is 0 Å². The molecule has 1 saturated heterocycles. The van der Waals surface area contributed by atoms with Gasteiger partial charge < -0.3 is 4.74 Å². The van der Waals surface area contributed by atoms with Gasteiger partial charge in [-0.05, 0) is 24.5 Å². The first-order valence-electron chi connectivity index (χ1n) is 5.39. The predicted octanol–water partition coefficient (Wildman–Crippen LogP) is 3.17. The standard InChI is InChI=1S/C13H11BrO2/c14-11-8-13(6-3-7-16-13)12(15)10-5-2-1-4-9(10)11/h1-2,4-5,8H,3,6-7H2/t13-/m1/s1. The zero-order valence-corrected chi connectivity index (χ0v) is 10.3. The van der Waals surface area contributed by atoms with Gasteiger partial charge in [0.05, 0.1) is 0 Å². The molecule has 0 unspecified atom stereocenters. The SMILES string of the molecule is O=C1c2ccccc2C(Br)=C[C@]12CCCO2. The highest BCUT2D eigenvalue weighted by molar-refractivity contribution is 9.15. The molecule has 1 atom stereocenters.